The first-order chi connectivity index (χ1) is 13.7. The van der Waals surface area contributed by atoms with Crippen LogP contribution in [-0.2, 0) is 9.16 Å². The van der Waals surface area contributed by atoms with Crippen LogP contribution in [0.3, 0.4) is 0 Å². The topological polar surface area (TPSA) is 77.0 Å². The van der Waals surface area contributed by atoms with Gasteiger partial charge in [-0.05, 0) is 49.9 Å². The van der Waals surface area contributed by atoms with Crippen LogP contribution in [0.25, 0.3) is 0 Å². The Bertz CT molecular complexity index is 691. The quantitative estimate of drug-likeness (QED) is 0.517. The van der Waals surface area contributed by atoms with Crippen LogP contribution in [-0.4, -0.2) is 46.3 Å². The van der Waals surface area contributed by atoms with Crippen LogP contribution in [0.5, 0.6) is 5.75 Å². The lowest BCUT2D eigenvalue weighted by Crippen LogP contribution is -2.39. The van der Waals surface area contributed by atoms with Gasteiger partial charge in [0.2, 0.25) is 9.76 Å². The summed E-state index contributed by atoms with van der Waals surface area (Å²) in [5.41, 5.74) is -0.272. The third-order valence-electron chi connectivity index (χ3n) is 4.84. The summed E-state index contributed by atoms with van der Waals surface area (Å²) in [4.78, 5) is 12.1. The van der Waals surface area contributed by atoms with E-state index in [1.165, 1.54) is 25.3 Å². The Balaban J connectivity index is 2.91. The molecule has 1 rings (SSSR count). The van der Waals surface area contributed by atoms with Gasteiger partial charge in [0.05, 0.1) is 19.3 Å². The third-order valence-corrected chi connectivity index (χ3v) is 6.40. The fourth-order valence-corrected chi connectivity index (χ4v) is 3.26. The minimum atomic E-state index is -1.02. The van der Waals surface area contributed by atoms with E-state index in [9.17, 15) is 14.3 Å². The van der Waals surface area contributed by atoms with Crippen LogP contribution in [0.15, 0.2) is 18.2 Å². The van der Waals surface area contributed by atoms with E-state index in [1.807, 2.05) is 0 Å². The van der Waals surface area contributed by atoms with Crippen LogP contribution >= 0.6 is 0 Å². The molecule has 0 aromatic heterocycles. The standard InChI is InChI=1S/C22H36FNO5Si/c1-14(2)22(6,7)30-29-16(13-24-20(26)28-21(3,4)5)12-18(25)17-11-15(23)9-10-19(17)27-8/h9-11,14,16,18,25H,12-13H2,1-8H3,(H,24,26)/t16-,18-/m1/s1. The van der Waals surface area contributed by atoms with E-state index in [2.05, 4.69) is 33.0 Å². The van der Waals surface area contributed by atoms with Crippen molar-refractivity contribution in [3.8, 4) is 5.75 Å². The Morgan fingerprint density at radius 3 is 2.40 bits per heavy atom. The zero-order chi connectivity index (χ0) is 23.1. The minimum absolute atomic E-state index is 0.0638. The predicted molar refractivity (Wildman–Crippen MR) is 116 cm³/mol. The van der Waals surface area contributed by atoms with Crippen molar-refractivity contribution in [2.24, 2.45) is 5.92 Å². The molecule has 30 heavy (non-hydrogen) atoms. The molecule has 0 aliphatic heterocycles. The number of carbonyl (C=O) groups excluding carboxylic acids is 1. The van der Waals surface area contributed by atoms with Crippen molar-refractivity contribution in [1.29, 1.82) is 0 Å². The van der Waals surface area contributed by atoms with Gasteiger partial charge in [0.1, 0.15) is 17.2 Å². The van der Waals surface area contributed by atoms with Gasteiger partial charge in [0.15, 0.2) is 0 Å². The number of carbonyl (C=O) groups is 1. The summed E-state index contributed by atoms with van der Waals surface area (Å²) >= 11 is 0. The fraction of sp³-hybridized carbons (Fsp3) is 0.682. The highest BCUT2D eigenvalue weighted by Gasteiger charge is 2.29. The second kappa shape index (κ2) is 11.1. The predicted octanol–water partition coefficient (Wildman–Crippen LogP) is 4.64. The summed E-state index contributed by atoms with van der Waals surface area (Å²) in [6, 6.07) is 4.01. The lowest BCUT2D eigenvalue weighted by atomic mass is 9.99. The van der Waals surface area contributed by atoms with Gasteiger partial charge in [-0.2, -0.15) is 0 Å². The normalized spacial score (nSPS) is 14.4. The first-order valence-electron chi connectivity index (χ1n) is 10.2. The van der Waals surface area contributed by atoms with Gasteiger partial charge in [-0.15, -0.1) is 0 Å². The summed E-state index contributed by atoms with van der Waals surface area (Å²) in [5, 5.41) is 13.4. The monoisotopic (exact) mass is 441 g/mol. The Hall–Kier alpha value is -1.64. The maximum Gasteiger partial charge on any atom is 0.407 e. The van der Waals surface area contributed by atoms with Gasteiger partial charge in [0.25, 0.3) is 0 Å². The number of amides is 1. The van der Waals surface area contributed by atoms with Crippen molar-refractivity contribution < 1.29 is 28.2 Å². The molecule has 0 saturated heterocycles. The van der Waals surface area contributed by atoms with Gasteiger partial charge in [-0.25, -0.2) is 9.18 Å². The summed E-state index contributed by atoms with van der Waals surface area (Å²) in [5.74, 6) is 0.327. The Kier molecular flexibility index (Phi) is 9.77. The second-order valence-corrected chi connectivity index (χ2v) is 11.0. The van der Waals surface area contributed by atoms with E-state index in [4.69, 9.17) is 13.9 Å². The fourth-order valence-electron chi connectivity index (χ4n) is 2.38. The smallest absolute Gasteiger partial charge is 0.407 e. The average molecular weight is 442 g/mol. The molecule has 6 nitrogen and oxygen atoms in total. The maximum atomic E-state index is 13.7. The van der Waals surface area contributed by atoms with Crippen molar-refractivity contribution >= 4 is 15.9 Å². The van der Waals surface area contributed by atoms with E-state index in [1.54, 1.807) is 20.8 Å². The molecule has 0 aliphatic carbocycles. The Labute approximate surface area is 182 Å². The summed E-state index contributed by atoms with van der Waals surface area (Å²) in [6.45, 7) is 14.0. The molecule has 0 saturated carbocycles. The number of hydrogen-bond acceptors (Lipinski definition) is 5. The molecule has 1 aromatic rings. The Morgan fingerprint density at radius 2 is 1.87 bits per heavy atom. The number of methoxy groups -OCH3 is 1. The lowest BCUT2D eigenvalue weighted by molar-refractivity contribution is 0.0463. The van der Waals surface area contributed by atoms with Crippen LogP contribution in [0.2, 0.25) is 5.04 Å². The molecule has 1 amide bonds. The number of aliphatic hydroxyl groups is 1. The van der Waals surface area contributed by atoms with E-state index < -0.39 is 29.7 Å². The van der Waals surface area contributed by atoms with E-state index in [-0.39, 0.29) is 27.8 Å². The van der Waals surface area contributed by atoms with Crippen LogP contribution < -0.4 is 10.1 Å². The van der Waals surface area contributed by atoms with Gasteiger partial charge >= 0.3 is 6.09 Å². The number of aliphatic hydroxyl groups excluding tert-OH is 1. The second-order valence-electron chi connectivity index (χ2n) is 9.24. The van der Waals surface area contributed by atoms with Crippen molar-refractivity contribution in [2.45, 2.75) is 77.7 Å². The molecular weight excluding hydrogens is 405 g/mol. The van der Waals surface area contributed by atoms with Gasteiger partial charge < -0.3 is 24.3 Å². The molecule has 2 atom stereocenters. The molecular formula is C22H36FNO5Si. The highest BCUT2D eigenvalue weighted by atomic mass is 28.2. The first kappa shape index (κ1) is 26.4. The molecule has 8 heteroatoms. The van der Waals surface area contributed by atoms with Crippen molar-refractivity contribution in [2.75, 3.05) is 13.7 Å². The number of hydrogen-bond donors (Lipinski definition) is 2. The molecule has 0 aliphatic rings. The molecule has 2 N–H and O–H groups in total. The van der Waals surface area contributed by atoms with Crippen LogP contribution in [0.4, 0.5) is 9.18 Å². The number of benzene rings is 1. The molecule has 1 aromatic carbocycles. The average Bonchev–Trinajstić information content (AvgIpc) is 2.62. The third kappa shape index (κ3) is 9.02. The van der Waals surface area contributed by atoms with Crippen LogP contribution in [0, 0.1) is 11.7 Å². The maximum absolute atomic E-state index is 13.7. The van der Waals surface area contributed by atoms with Crippen molar-refractivity contribution in [3.63, 3.8) is 0 Å². The number of alkyl carbamates (subject to hydrolysis) is 1. The molecule has 0 unspecified atom stereocenters. The molecule has 0 fully saturated rings. The number of ether oxygens (including phenoxy) is 2. The zero-order valence-electron chi connectivity index (χ0n) is 19.3. The highest BCUT2D eigenvalue weighted by molar-refractivity contribution is 6.32. The Morgan fingerprint density at radius 1 is 1.23 bits per heavy atom. The number of rotatable bonds is 10. The van der Waals surface area contributed by atoms with Crippen molar-refractivity contribution in [3.05, 3.63) is 29.6 Å². The highest BCUT2D eigenvalue weighted by Crippen LogP contribution is 2.34. The molecule has 0 bridgehead atoms. The summed E-state index contributed by atoms with van der Waals surface area (Å²) < 4.78 is 30.3. The molecule has 0 spiro atoms. The summed E-state index contributed by atoms with van der Waals surface area (Å²) in [6.07, 6.45) is -1.90. The van der Waals surface area contributed by atoms with Crippen molar-refractivity contribution in [1.82, 2.24) is 5.32 Å². The van der Waals surface area contributed by atoms with Gasteiger partial charge in [-0.3, -0.25) is 0 Å². The SMILES string of the molecule is COc1ccc(F)cc1[C@H](O)C[C@H](CNC(=O)OC(C)(C)C)O[Si]C(C)(C)C(C)C. The van der Waals surface area contributed by atoms with E-state index in [0.29, 0.717) is 17.2 Å². The van der Waals surface area contributed by atoms with E-state index >= 15 is 0 Å². The van der Waals surface area contributed by atoms with E-state index in [0.717, 1.165) is 0 Å². The molecule has 170 valence electrons. The first-order valence-corrected chi connectivity index (χ1v) is 11.1. The lowest BCUT2D eigenvalue weighted by Gasteiger charge is -2.31. The molecule has 0 heterocycles. The minimum Gasteiger partial charge on any atom is -0.496 e. The number of nitrogens with one attached hydrogen (secondary N) is 1. The number of halogens is 1. The van der Waals surface area contributed by atoms with Gasteiger partial charge in [-0.1, -0.05) is 27.7 Å². The largest absolute Gasteiger partial charge is 0.496 e. The van der Waals surface area contributed by atoms with Gasteiger partial charge in [0, 0.05) is 18.5 Å². The van der Waals surface area contributed by atoms with Crippen LogP contribution in [0.1, 0.15) is 66.6 Å². The summed E-state index contributed by atoms with van der Waals surface area (Å²) in [7, 11) is 1.62. The zero-order valence-corrected chi connectivity index (χ0v) is 20.3. The molecule has 2 radical (unpaired) electrons.